The molecule has 114 valence electrons. The molecule has 0 saturated carbocycles. The number of benzene rings is 1. The van der Waals surface area contributed by atoms with E-state index in [4.69, 9.17) is 5.11 Å². The zero-order valence-electron chi connectivity index (χ0n) is 9.56. The second-order valence-electron chi connectivity index (χ2n) is 4.03. The quantitative estimate of drug-likeness (QED) is 0.846. The van der Waals surface area contributed by atoms with Gasteiger partial charge in [0.25, 0.3) is 0 Å². The van der Waals surface area contributed by atoms with Crippen molar-refractivity contribution in [3.05, 3.63) is 35.4 Å². The Morgan fingerprint density at radius 2 is 1.30 bits per heavy atom. The molecule has 0 saturated heterocycles. The predicted molar refractivity (Wildman–Crippen MR) is 51.7 cm³/mol. The lowest BCUT2D eigenvalue weighted by Crippen LogP contribution is -2.45. The molecule has 20 heavy (non-hydrogen) atoms. The molecule has 0 aliphatic rings. The molecule has 1 rings (SSSR count). The lowest BCUT2D eigenvalue weighted by Gasteiger charge is -2.27. The minimum Gasteiger partial charge on any atom is -0.392 e. The van der Waals surface area contributed by atoms with E-state index in [1.54, 1.807) is 0 Å². The highest BCUT2D eigenvalue weighted by molar-refractivity contribution is 5.20. The van der Waals surface area contributed by atoms with Crippen LogP contribution in [0.15, 0.2) is 18.2 Å². The number of hydrogen-bond donors (Lipinski definition) is 1. The van der Waals surface area contributed by atoms with Gasteiger partial charge in [-0.2, -0.15) is 26.3 Å². The van der Waals surface area contributed by atoms with Gasteiger partial charge in [0.1, 0.15) is 11.6 Å². The van der Waals surface area contributed by atoms with Gasteiger partial charge in [0.15, 0.2) is 5.92 Å². The molecule has 1 N–H and O–H groups in total. The van der Waals surface area contributed by atoms with Crippen molar-refractivity contribution in [2.45, 2.75) is 24.9 Å². The molecule has 1 aromatic rings. The molecule has 9 heteroatoms. The van der Waals surface area contributed by atoms with E-state index in [0.717, 1.165) is 6.07 Å². The van der Waals surface area contributed by atoms with Crippen molar-refractivity contribution in [3.8, 4) is 0 Å². The van der Waals surface area contributed by atoms with E-state index in [-0.39, 0.29) is 0 Å². The summed E-state index contributed by atoms with van der Waals surface area (Å²) in [5, 5.41) is 9.11. The lowest BCUT2D eigenvalue weighted by molar-refractivity contribution is -0.305. The van der Waals surface area contributed by atoms with Gasteiger partial charge in [-0.1, -0.05) is 6.07 Å². The van der Waals surface area contributed by atoms with Crippen LogP contribution in [0.5, 0.6) is 0 Å². The van der Waals surface area contributed by atoms with Crippen LogP contribution in [0.3, 0.4) is 0 Å². The summed E-state index contributed by atoms with van der Waals surface area (Å²) in [6.45, 7) is 0. The van der Waals surface area contributed by atoms with Gasteiger partial charge in [0.05, 0.1) is 6.10 Å². The van der Waals surface area contributed by atoms with Crippen molar-refractivity contribution >= 4 is 0 Å². The van der Waals surface area contributed by atoms with Crippen LogP contribution in [0.2, 0.25) is 0 Å². The fourth-order valence-corrected chi connectivity index (χ4v) is 1.68. The maximum atomic E-state index is 13.2. The smallest absolute Gasteiger partial charge is 0.392 e. The third-order valence-corrected chi connectivity index (χ3v) is 2.57. The minimum atomic E-state index is -5.78. The molecule has 0 aliphatic heterocycles. The Balaban J connectivity index is 3.07. The third kappa shape index (κ3) is 3.81. The second-order valence-corrected chi connectivity index (χ2v) is 4.03. The Labute approximate surface area is 107 Å². The molecule has 1 aromatic carbocycles. The molecule has 0 spiro atoms. The number of halogens is 8. The van der Waals surface area contributed by atoms with Crippen LogP contribution < -0.4 is 0 Å². The van der Waals surface area contributed by atoms with Crippen molar-refractivity contribution < 1.29 is 40.2 Å². The SMILES string of the molecule is OC(Cc1c(F)cccc1F)C(C(F)(F)F)C(F)(F)F. The first kappa shape index (κ1) is 16.7. The molecular formula is C11H8F8O. The summed E-state index contributed by atoms with van der Waals surface area (Å²) in [7, 11) is 0. The van der Waals surface area contributed by atoms with E-state index in [0.29, 0.717) is 12.1 Å². The van der Waals surface area contributed by atoms with Crippen LogP contribution in [0.25, 0.3) is 0 Å². The molecule has 0 heterocycles. The first-order valence-electron chi connectivity index (χ1n) is 5.19. The van der Waals surface area contributed by atoms with E-state index in [9.17, 15) is 35.1 Å². The van der Waals surface area contributed by atoms with E-state index >= 15 is 0 Å². The summed E-state index contributed by atoms with van der Waals surface area (Å²) in [5.74, 6) is -6.73. The Morgan fingerprint density at radius 1 is 0.900 bits per heavy atom. The fraction of sp³-hybridized carbons (Fsp3) is 0.455. The zero-order valence-corrected chi connectivity index (χ0v) is 9.56. The number of hydrogen-bond acceptors (Lipinski definition) is 1. The van der Waals surface area contributed by atoms with Gasteiger partial charge in [-0.3, -0.25) is 0 Å². The van der Waals surface area contributed by atoms with E-state index in [1.165, 1.54) is 0 Å². The average molecular weight is 308 g/mol. The molecule has 1 atom stereocenters. The highest BCUT2D eigenvalue weighted by atomic mass is 19.4. The maximum Gasteiger partial charge on any atom is 0.403 e. The van der Waals surface area contributed by atoms with E-state index in [1.807, 2.05) is 0 Å². The van der Waals surface area contributed by atoms with E-state index < -0.39 is 48.0 Å². The van der Waals surface area contributed by atoms with Gasteiger partial charge in [-0.15, -0.1) is 0 Å². The van der Waals surface area contributed by atoms with Crippen LogP contribution in [-0.2, 0) is 6.42 Å². The van der Waals surface area contributed by atoms with Crippen molar-refractivity contribution in [3.63, 3.8) is 0 Å². The van der Waals surface area contributed by atoms with Crippen LogP contribution in [0, 0.1) is 17.6 Å². The fourth-order valence-electron chi connectivity index (χ4n) is 1.68. The molecule has 0 aromatic heterocycles. The molecule has 1 unspecified atom stereocenters. The number of alkyl halides is 6. The third-order valence-electron chi connectivity index (χ3n) is 2.57. The summed E-state index contributed by atoms with van der Waals surface area (Å²) in [5.41, 5.74) is -1.03. The summed E-state index contributed by atoms with van der Waals surface area (Å²) >= 11 is 0. The monoisotopic (exact) mass is 308 g/mol. The van der Waals surface area contributed by atoms with Gasteiger partial charge in [-0.05, 0) is 12.1 Å². The van der Waals surface area contributed by atoms with Gasteiger partial charge in [0.2, 0.25) is 0 Å². The van der Waals surface area contributed by atoms with Gasteiger partial charge >= 0.3 is 12.4 Å². The van der Waals surface area contributed by atoms with Crippen molar-refractivity contribution in [2.24, 2.45) is 5.92 Å². The first-order valence-corrected chi connectivity index (χ1v) is 5.19. The standard InChI is InChI=1S/C11H8F8O/c12-6-2-1-3-7(13)5(6)4-8(20)9(10(14,15)16)11(17,18)19/h1-3,8-9,20H,4H2. The largest absolute Gasteiger partial charge is 0.403 e. The molecule has 0 amide bonds. The second kappa shape index (κ2) is 5.55. The van der Waals surface area contributed by atoms with Crippen molar-refractivity contribution in [1.82, 2.24) is 0 Å². The first-order chi connectivity index (χ1) is 8.94. The highest BCUT2D eigenvalue weighted by Crippen LogP contribution is 2.42. The Hall–Kier alpha value is -1.38. The summed E-state index contributed by atoms with van der Waals surface area (Å²) in [4.78, 5) is 0. The van der Waals surface area contributed by atoms with Crippen LogP contribution in [-0.4, -0.2) is 23.6 Å². The molecule has 0 aliphatic carbocycles. The molecule has 0 radical (unpaired) electrons. The van der Waals surface area contributed by atoms with Gasteiger partial charge in [-0.25, -0.2) is 8.78 Å². The Bertz CT molecular complexity index is 430. The maximum absolute atomic E-state index is 13.2. The number of aliphatic hydroxyl groups is 1. The number of rotatable bonds is 3. The minimum absolute atomic E-state index is 0.668. The van der Waals surface area contributed by atoms with E-state index in [2.05, 4.69) is 0 Å². The van der Waals surface area contributed by atoms with Gasteiger partial charge < -0.3 is 5.11 Å². The average Bonchev–Trinajstić information content (AvgIpc) is 2.19. The van der Waals surface area contributed by atoms with Crippen molar-refractivity contribution in [1.29, 1.82) is 0 Å². The predicted octanol–water partition coefficient (Wildman–Crippen LogP) is 3.61. The zero-order chi connectivity index (χ0) is 15.7. The Morgan fingerprint density at radius 3 is 1.65 bits per heavy atom. The summed E-state index contributed by atoms with van der Waals surface area (Å²) in [6, 6.07) is 2.23. The van der Waals surface area contributed by atoms with Crippen LogP contribution >= 0.6 is 0 Å². The number of aliphatic hydroxyl groups excluding tert-OH is 1. The van der Waals surface area contributed by atoms with Gasteiger partial charge in [0, 0.05) is 12.0 Å². The normalized spacial score (nSPS) is 14.7. The topological polar surface area (TPSA) is 20.2 Å². The summed E-state index contributed by atoms with van der Waals surface area (Å²) in [6.07, 6.45) is -16.0. The van der Waals surface area contributed by atoms with Crippen molar-refractivity contribution in [2.75, 3.05) is 0 Å². The molecule has 0 fully saturated rings. The lowest BCUT2D eigenvalue weighted by atomic mass is 9.94. The van der Waals surface area contributed by atoms with Crippen LogP contribution in [0.1, 0.15) is 5.56 Å². The van der Waals surface area contributed by atoms with Crippen LogP contribution in [0.4, 0.5) is 35.1 Å². The molecular weight excluding hydrogens is 300 g/mol. The summed E-state index contributed by atoms with van der Waals surface area (Å²) < 4.78 is 100. The highest BCUT2D eigenvalue weighted by Gasteiger charge is 2.60. The molecule has 0 bridgehead atoms. The molecule has 1 nitrogen and oxygen atoms in total. The Kier molecular flexibility index (Phi) is 4.62.